The number of nitrogens with zero attached hydrogens (tertiary/aromatic N) is 4. The Morgan fingerprint density at radius 3 is 2.57 bits per heavy atom. The van der Waals surface area contributed by atoms with Gasteiger partial charge in [0.15, 0.2) is 0 Å². The summed E-state index contributed by atoms with van der Waals surface area (Å²) in [6.07, 6.45) is -4.25. The first kappa shape index (κ1) is 33.2. The van der Waals surface area contributed by atoms with Crippen molar-refractivity contribution in [1.29, 1.82) is 0 Å². The molecule has 236 valence electrons. The number of aromatic nitrogens is 4. The monoisotopic (exact) mass is 625 g/mol. The zero-order valence-corrected chi connectivity index (χ0v) is 23.3. The van der Waals surface area contributed by atoms with Crippen molar-refractivity contribution in [3.8, 4) is 0 Å². The van der Waals surface area contributed by atoms with E-state index in [4.69, 9.17) is 0 Å². The number of nitrogens with one attached hydrogen (secondary N) is 3. The lowest BCUT2D eigenvalue weighted by atomic mass is 10.1. The van der Waals surface area contributed by atoms with Crippen molar-refractivity contribution in [2.45, 2.75) is 44.4 Å². The van der Waals surface area contributed by atoms with Crippen LogP contribution in [0.1, 0.15) is 30.7 Å². The number of allylic oxidation sites excluding steroid dienone is 1. The second-order valence-corrected chi connectivity index (χ2v) is 9.21. The second-order valence-electron chi connectivity index (χ2n) is 9.21. The molecule has 0 aliphatic carbocycles. The van der Waals surface area contributed by atoms with Crippen LogP contribution in [0, 0.1) is 5.82 Å². The number of benzene rings is 1. The third-order valence-electron chi connectivity index (χ3n) is 6.14. The molecule has 2 aromatic heterocycles. The molecule has 0 radical (unpaired) electrons. The predicted molar refractivity (Wildman–Crippen MR) is 145 cm³/mol. The van der Waals surface area contributed by atoms with Gasteiger partial charge in [-0.25, -0.2) is 28.5 Å². The minimum Gasteiger partial charge on any atom is -0.464 e. The fraction of sp³-hybridized carbons (Fsp3) is 0.346. The van der Waals surface area contributed by atoms with Crippen molar-refractivity contribution < 1.29 is 46.6 Å². The first-order chi connectivity index (χ1) is 20.7. The minimum atomic E-state index is -4.56. The summed E-state index contributed by atoms with van der Waals surface area (Å²) in [5, 5.41) is 16.8. The zero-order valence-electron chi connectivity index (χ0n) is 23.3. The number of fused-ring (bicyclic) bond motifs is 1. The molecule has 1 unspecified atom stereocenters. The van der Waals surface area contributed by atoms with E-state index in [1.54, 1.807) is 0 Å². The first-order valence-corrected chi connectivity index (χ1v) is 12.8. The normalized spacial score (nSPS) is 12.2. The molecule has 44 heavy (non-hydrogen) atoms. The highest BCUT2D eigenvalue weighted by molar-refractivity contribution is 5.96. The van der Waals surface area contributed by atoms with E-state index in [2.05, 4.69) is 30.7 Å². The largest absolute Gasteiger partial charge is 0.464 e. The number of likely N-dealkylation sites (N-methyl/N-ethyl adjacent to an activating group) is 1. The molecule has 0 saturated carbocycles. The lowest BCUT2D eigenvalue weighted by Crippen LogP contribution is -2.44. The van der Waals surface area contributed by atoms with E-state index < -0.39 is 61.1 Å². The van der Waals surface area contributed by atoms with Gasteiger partial charge in [0.25, 0.3) is 5.56 Å². The van der Waals surface area contributed by atoms with Gasteiger partial charge in [-0.3, -0.25) is 19.0 Å². The molecule has 4 N–H and O–H groups in total. The highest BCUT2D eigenvalue weighted by Gasteiger charge is 2.28. The number of ether oxygens (including phenoxy) is 1. The Morgan fingerprint density at radius 1 is 1.20 bits per heavy atom. The minimum absolute atomic E-state index is 0.00124. The van der Waals surface area contributed by atoms with Crippen molar-refractivity contribution in [2.24, 2.45) is 0 Å². The standard InChI is InChI=1S/C26H27F4N7O7/c1-31-20(38)6-4-3-5-16(34-24(41)44-2)22(39)33-17-11-32-13-36(23(17)40)12-19-35-21-14(7-8-26(28,29)30)9-15(27)10-18(21)37(19)25(42)43/h4,6,9-11,13,16H,3,5,7-8,12H2,1-2H3,(H,31,38)(H,33,39)(H,34,41)(H,42,43)/b6-4+. The summed E-state index contributed by atoms with van der Waals surface area (Å²) in [6, 6.07) is 0.409. The third-order valence-corrected chi connectivity index (χ3v) is 6.14. The molecule has 0 saturated heterocycles. The maximum atomic E-state index is 14.3. The quantitative estimate of drug-likeness (QED) is 0.184. The summed E-state index contributed by atoms with van der Waals surface area (Å²) in [4.78, 5) is 69.3. The van der Waals surface area contributed by atoms with Gasteiger partial charge in [0.05, 0.1) is 37.2 Å². The van der Waals surface area contributed by atoms with Gasteiger partial charge < -0.3 is 25.8 Å². The SMILES string of the molecule is CNC(=O)/C=C/CCC(NC(=O)OC)C(=O)Nc1cncn(Cc2nc3c(CCC(F)(F)F)cc(F)cc3n2C(=O)O)c1=O. The Hall–Kier alpha value is -5.29. The van der Waals surface area contributed by atoms with E-state index in [9.17, 15) is 46.6 Å². The van der Waals surface area contributed by atoms with Gasteiger partial charge in [0.2, 0.25) is 11.8 Å². The highest BCUT2D eigenvalue weighted by atomic mass is 19.4. The van der Waals surface area contributed by atoms with Gasteiger partial charge in [0.1, 0.15) is 23.4 Å². The molecule has 0 aliphatic rings. The highest BCUT2D eigenvalue weighted by Crippen LogP contribution is 2.27. The van der Waals surface area contributed by atoms with Crippen LogP contribution in [-0.4, -0.2) is 74.6 Å². The van der Waals surface area contributed by atoms with Gasteiger partial charge in [-0.05, 0) is 37.0 Å². The van der Waals surface area contributed by atoms with Crippen LogP contribution in [0.15, 0.2) is 41.6 Å². The number of halogens is 4. The number of methoxy groups -OCH3 is 1. The zero-order chi connectivity index (χ0) is 32.6. The molecule has 14 nitrogen and oxygen atoms in total. The van der Waals surface area contributed by atoms with E-state index in [1.807, 2.05) is 0 Å². The molecular weight excluding hydrogens is 598 g/mol. The van der Waals surface area contributed by atoms with E-state index in [0.717, 1.165) is 36.3 Å². The number of imidazole rings is 1. The Kier molecular flexibility index (Phi) is 10.8. The van der Waals surface area contributed by atoms with Crippen molar-refractivity contribution >= 4 is 40.7 Å². The number of carbonyl (C=O) groups excluding carboxylic acids is 3. The topological polar surface area (TPSA) is 187 Å². The van der Waals surface area contributed by atoms with Gasteiger partial charge in [0, 0.05) is 19.5 Å². The van der Waals surface area contributed by atoms with Crippen LogP contribution >= 0.6 is 0 Å². The maximum Gasteiger partial charge on any atom is 0.417 e. The number of carboxylic acid groups (broad SMARTS) is 1. The van der Waals surface area contributed by atoms with Gasteiger partial charge in [-0.2, -0.15) is 13.2 Å². The smallest absolute Gasteiger partial charge is 0.417 e. The van der Waals surface area contributed by atoms with Gasteiger partial charge in [-0.15, -0.1) is 0 Å². The van der Waals surface area contributed by atoms with Crippen LogP contribution in [0.4, 0.5) is 32.8 Å². The third kappa shape index (κ3) is 8.62. The van der Waals surface area contributed by atoms with E-state index in [0.29, 0.717) is 4.57 Å². The molecule has 1 aromatic carbocycles. The molecule has 0 spiro atoms. The number of amides is 3. The molecule has 0 aliphatic heterocycles. The van der Waals surface area contributed by atoms with Crippen molar-refractivity contribution in [2.75, 3.05) is 19.5 Å². The van der Waals surface area contributed by atoms with Crippen LogP contribution in [0.2, 0.25) is 0 Å². The van der Waals surface area contributed by atoms with Crippen LogP contribution < -0.4 is 21.5 Å². The van der Waals surface area contributed by atoms with E-state index in [1.165, 1.54) is 19.2 Å². The molecule has 2 heterocycles. The van der Waals surface area contributed by atoms with Gasteiger partial charge >= 0.3 is 18.4 Å². The van der Waals surface area contributed by atoms with Crippen LogP contribution in [0.3, 0.4) is 0 Å². The molecule has 0 bridgehead atoms. The summed E-state index contributed by atoms with van der Waals surface area (Å²) in [6.45, 7) is -0.578. The van der Waals surface area contributed by atoms with Crippen molar-refractivity contribution in [1.82, 2.24) is 29.7 Å². The fourth-order valence-corrected chi connectivity index (χ4v) is 4.07. The van der Waals surface area contributed by atoms with Gasteiger partial charge in [-0.1, -0.05) is 6.08 Å². The fourth-order valence-electron chi connectivity index (χ4n) is 4.07. The summed E-state index contributed by atoms with van der Waals surface area (Å²) >= 11 is 0. The predicted octanol–water partition coefficient (Wildman–Crippen LogP) is 2.55. The van der Waals surface area contributed by atoms with Crippen molar-refractivity contribution in [3.63, 3.8) is 0 Å². The second kappa shape index (κ2) is 14.3. The molecule has 0 fully saturated rings. The lowest BCUT2D eigenvalue weighted by molar-refractivity contribution is -0.134. The number of carbonyl (C=O) groups is 4. The number of aryl methyl sites for hydroxylation is 1. The molecule has 3 amide bonds. The molecular formula is C26H27F4N7O7. The number of alkyl halides is 3. The van der Waals surface area contributed by atoms with Crippen LogP contribution in [0.25, 0.3) is 11.0 Å². The molecule has 3 rings (SSSR count). The molecule has 3 aromatic rings. The summed E-state index contributed by atoms with van der Waals surface area (Å²) in [5.41, 5.74) is -1.94. The molecule has 18 heteroatoms. The summed E-state index contributed by atoms with van der Waals surface area (Å²) in [5.74, 6) is -2.55. The summed E-state index contributed by atoms with van der Waals surface area (Å²) < 4.78 is 58.7. The lowest BCUT2D eigenvalue weighted by Gasteiger charge is -2.17. The molecule has 1 atom stereocenters. The number of anilines is 1. The Balaban J connectivity index is 1.91. The Bertz CT molecular complexity index is 1650. The Morgan fingerprint density at radius 2 is 1.93 bits per heavy atom. The number of hydrogen-bond donors (Lipinski definition) is 4. The average Bonchev–Trinajstić information content (AvgIpc) is 3.32. The number of rotatable bonds is 11. The number of hydrogen-bond acceptors (Lipinski definition) is 8. The Labute approximate surface area is 245 Å². The van der Waals surface area contributed by atoms with Crippen molar-refractivity contribution in [3.05, 3.63) is 64.4 Å². The van der Waals surface area contributed by atoms with Crippen LogP contribution in [-0.2, 0) is 27.3 Å². The maximum absolute atomic E-state index is 14.3. The first-order valence-electron chi connectivity index (χ1n) is 12.8. The van der Waals surface area contributed by atoms with E-state index >= 15 is 0 Å². The van der Waals surface area contributed by atoms with E-state index in [-0.39, 0.29) is 46.9 Å². The van der Waals surface area contributed by atoms with Crippen LogP contribution in [0.5, 0.6) is 0 Å². The summed E-state index contributed by atoms with van der Waals surface area (Å²) in [7, 11) is 2.50. The number of alkyl carbamates (subject to hydrolysis) is 1. The average molecular weight is 626 g/mol.